The number of thiophene rings is 1. The molecule has 0 aliphatic carbocycles. The summed E-state index contributed by atoms with van der Waals surface area (Å²) in [6.45, 7) is -0.437. The minimum Gasteiger partial charge on any atom is -0.384 e. The van der Waals surface area contributed by atoms with Crippen molar-refractivity contribution in [2.24, 2.45) is 0 Å². The number of aliphatic hydroxyl groups is 1. The molecule has 0 aromatic carbocycles. The molecule has 1 aromatic heterocycles. The Balaban J connectivity index is 3.03. The van der Waals surface area contributed by atoms with Gasteiger partial charge in [0.05, 0.1) is 5.56 Å². The summed E-state index contributed by atoms with van der Waals surface area (Å²) in [5.74, 6) is 4.42. The lowest BCUT2D eigenvalue weighted by molar-refractivity contribution is -0.137. The van der Waals surface area contributed by atoms with E-state index in [4.69, 9.17) is 5.11 Å². The van der Waals surface area contributed by atoms with Gasteiger partial charge in [-0.2, -0.15) is 24.5 Å². The molecule has 0 bridgehead atoms. The molecule has 0 fully saturated rings. The van der Waals surface area contributed by atoms with Crippen molar-refractivity contribution in [1.82, 2.24) is 0 Å². The first-order valence-electron chi connectivity index (χ1n) is 3.29. The Labute approximate surface area is 76.8 Å². The summed E-state index contributed by atoms with van der Waals surface area (Å²) in [7, 11) is 0. The van der Waals surface area contributed by atoms with Gasteiger partial charge < -0.3 is 5.11 Å². The van der Waals surface area contributed by atoms with E-state index in [2.05, 4.69) is 11.8 Å². The minimum atomic E-state index is -4.36. The van der Waals surface area contributed by atoms with Crippen molar-refractivity contribution in [2.75, 3.05) is 6.61 Å². The Morgan fingerprint density at radius 2 is 2.08 bits per heavy atom. The first-order chi connectivity index (χ1) is 6.05. The molecular formula is C8H5F3OS. The third kappa shape index (κ3) is 2.47. The van der Waals surface area contributed by atoms with Gasteiger partial charge in [-0.3, -0.25) is 0 Å². The molecule has 0 saturated heterocycles. The van der Waals surface area contributed by atoms with Crippen molar-refractivity contribution < 1.29 is 18.3 Å². The lowest BCUT2D eigenvalue weighted by atomic mass is 10.2. The molecule has 0 amide bonds. The lowest BCUT2D eigenvalue weighted by Crippen LogP contribution is -2.04. The standard InChI is InChI=1S/C8H5F3OS/c9-8(10,11)7-5-13-4-6(7)2-1-3-12/h4-5,12H,3H2. The summed E-state index contributed by atoms with van der Waals surface area (Å²) >= 11 is 0.939. The molecule has 0 unspecified atom stereocenters. The third-order valence-corrected chi connectivity index (χ3v) is 2.01. The number of rotatable bonds is 0. The Morgan fingerprint density at radius 1 is 1.38 bits per heavy atom. The van der Waals surface area contributed by atoms with Crippen LogP contribution < -0.4 is 0 Å². The second-order valence-corrected chi connectivity index (χ2v) is 2.90. The molecule has 1 aromatic rings. The van der Waals surface area contributed by atoms with Crippen LogP contribution in [0.4, 0.5) is 13.2 Å². The fourth-order valence-corrected chi connectivity index (χ4v) is 1.53. The van der Waals surface area contributed by atoms with Gasteiger partial charge in [-0.25, -0.2) is 0 Å². The summed E-state index contributed by atoms with van der Waals surface area (Å²) in [5.41, 5.74) is -0.815. The van der Waals surface area contributed by atoms with Crippen LogP contribution in [0.1, 0.15) is 11.1 Å². The molecule has 70 valence electrons. The van der Waals surface area contributed by atoms with Crippen molar-refractivity contribution in [3.63, 3.8) is 0 Å². The van der Waals surface area contributed by atoms with E-state index in [-0.39, 0.29) is 5.56 Å². The van der Waals surface area contributed by atoms with Gasteiger partial charge in [0.1, 0.15) is 6.61 Å². The minimum absolute atomic E-state index is 0.0773. The predicted molar refractivity (Wildman–Crippen MR) is 43.3 cm³/mol. The quantitative estimate of drug-likeness (QED) is 0.644. The van der Waals surface area contributed by atoms with Crippen molar-refractivity contribution in [1.29, 1.82) is 0 Å². The van der Waals surface area contributed by atoms with E-state index in [1.54, 1.807) is 0 Å². The topological polar surface area (TPSA) is 20.2 Å². The Bertz CT molecular complexity index is 342. The molecule has 0 spiro atoms. The van der Waals surface area contributed by atoms with E-state index in [1.165, 1.54) is 5.38 Å². The van der Waals surface area contributed by atoms with Gasteiger partial charge in [-0.1, -0.05) is 11.8 Å². The number of hydrogen-bond acceptors (Lipinski definition) is 2. The molecule has 1 rings (SSSR count). The molecule has 13 heavy (non-hydrogen) atoms. The summed E-state index contributed by atoms with van der Waals surface area (Å²) < 4.78 is 36.6. The SMILES string of the molecule is OCC#Cc1cscc1C(F)(F)F. The summed E-state index contributed by atoms with van der Waals surface area (Å²) in [6.07, 6.45) is -4.36. The molecule has 0 aliphatic heterocycles. The van der Waals surface area contributed by atoms with E-state index in [0.29, 0.717) is 0 Å². The van der Waals surface area contributed by atoms with E-state index in [0.717, 1.165) is 16.7 Å². The van der Waals surface area contributed by atoms with Crippen LogP contribution >= 0.6 is 11.3 Å². The Morgan fingerprint density at radius 3 is 2.62 bits per heavy atom. The van der Waals surface area contributed by atoms with Gasteiger partial charge >= 0.3 is 6.18 Å². The normalized spacial score (nSPS) is 10.8. The van der Waals surface area contributed by atoms with E-state index >= 15 is 0 Å². The highest BCUT2D eigenvalue weighted by atomic mass is 32.1. The van der Waals surface area contributed by atoms with Crippen LogP contribution in [0.25, 0.3) is 0 Å². The number of hydrogen-bond donors (Lipinski definition) is 1. The van der Waals surface area contributed by atoms with Crippen LogP contribution in [0.2, 0.25) is 0 Å². The van der Waals surface area contributed by atoms with Crippen LogP contribution in [0.3, 0.4) is 0 Å². The van der Waals surface area contributed by atoms with E-state index in [1.807, 2.05) is 0 Å². The first-order valence-corrected chi connectivity index (χ1v) is 4.23. The molecule has 1 heterocycles. The highest BCUT2D eigenvalue weighted by Crippen LogP contribution is 2.33. The zero-order valence-electron chi connectivity index (χ0n) is 6.35. The van der Waals surface area contributed by atoms with Crippen LogP contribution in [0, 0.1) is 11.8 Å². The van der Waals surface area contributed by atoms with E-state index in [9.17, 15) is 13.2 Å². The summed E-state index contributed by atoms with van der Waals surface area (Å²) in [4.78, 5) is 0. The molecule has 1 N–H and O–H groups in total. The van der Waals surface area contributed by atoms with Crippen molar-refractivity contribution in [3.05, 3.63) is 21.9 Å². The van der Waals surface area contributed by atoms with Gasteiger partial charge in [0, 0.05) is 16.3 Å². The highest BCUT2D eigenvalue weighted by molar-refractivity contribution is 7.08. The van der Waals surface area contributed by atoms with Gasteiger partial charge in [-0.05, 0) is 0 Å². The maximum Gasteiger partial charge on any atom is 0.418 e. The van der Waals surface area contributed by atoms with Crippen molar-refractivity contribution in [3.8, 4) is 11.8 Å². The maximum atomic E-state index is 12.2. The van der Waals surface area contributed by atoms with E-state index < -0.39 is 18.3 Å². The summed E-state index contributed by atoms with van der Waals surface area (Å²) in [5, 5.41) is 10.6. The first kappa shape index (κ1) is 10.1. The number of aliphatic hydroxyl groups excluding tert-OH is 1. The van der Waals surface area contributed by atoms with Crippen LogP contribution in [0.15, 0.2) is 10.8 Å². The van der Waals surface area contributed by atoms with Crippen LogP contribution in [-0.2, 0) is 6.18 Å². The maximum absolute atomic E-state index is 12.2. The Hall–Kier alpha value is -0.990. The smallest absolute Gasteiger partial charge is 0.384 e. The van der Waals surface area contributed by atoms with Gasteiger partial charge in [0.15, 0.2) is 0 Å². The summed E-state index contributed by atoms with van der Waals surface area (Å²) in [6, 6.07) is 0. The Kier molecular flexibility index (Phi) is 2.96. The largest absolute Gasteiger partial charge is 0.418 e. The van der Waals surface area contributed by atoms with Crippen molar-refractivity contribution >= 4 is 11.3 Å². The second kappa shape index (κ2) is 3.81. The average molecular weight is 206 g/mol. The highest BCUT2D eigenvalue weighted by Gasteiger charge is 2.33. The lowest BCUT2D eigenvalue weighted by Gasteiger charge is -2.03. The molecular weight excluding hydrogens is 201 g/mol. The van der Waals surface area contributed by atoms with Gasteiger partial charge in [-0.15, -0.1) is 0 Å². The second-order valence-electron chi connectivity index (χ2n) is 2.16. The fraction of sp³-hybridized carbons (Fsp3) is 0.250. The monoisotopic (exact) mass is 206 g/mol. The number of halogens is 3. The number of alkyl halides is 3. The molecule has 1 nitrogen and oxygen atoms in total. The molecule has 0 atom stereocenters. The van der Waals surface area contributed by atoms with Gasteiger partial charge in [0.2, 0.25) is 0 Å². The van der Waals surface area contributed by atoms with Crippen LogP contribution in [0.5, 0.6) is 0 Å². The zero-order valence-corrected chi connectivity index (χ0v) is 7.17. The van der Waals surface area contributed by atoms with Crippen LogP contribution in [-0.4, -0.2) is 11.7 Å². The average Bonchev–Trinajstić information content (AvgIpc) is 2.47. The predicted octanol–water partition coefficient (Wildman–Crippen LogP) is 2.11. The molecule has 0 saturated carbocycles. The fourth-order valence-electron chi connectivity index (χ4n) is 0.748. The molecule has 0 radical (unpaired) electrons. The van der Waals surface area contributed by atoms with Crippen molar-refractivity contribution in [2.45, 2.75) is 6.18 Å². The molecule has 5 heteroatoms. The third-order valence-electron chi connectivity index (χ3n) is 1.27. The molecule has 0 aliphatic rings. The van der Waals surface area contributed by atoms with Gasteiger partial charge in [0.25, 0.3) is 0 Å². The zero-order chi connectivity index (χ0) is 9.90.